The molecule has 3 aromatic rings. The maximum Gasteiger partial charge on any atom is 0.287 e. The van der Waals surface area contributed by atoms with Crippen molar-refractivity contribution >= 4 is 21.8 Å². The van der Waals surface area contributed by atoms with Crippen LogP contribution in [0.4, 0.5) is 0 Å². The van der Waals surface area contributed by atoms with Gasteiger partial charge in [0.1, 0.15) is 0 Å². The molecule has 0 fully saturated rings. The second-order valence-corrected chi connectivity index (χ2v) is 5.81. The van der Waals surface area contributed by atoms with Crippen LogP contribution in [-0.2, 0) is 6.54 Å². The van der Waals surface area contributed by atoms with E-state index in [4.69, 9.17) is 4.42 Å². The van der Waals surface area contributed by atoms with E-state index in [-0.39, 0.29) is 17.2 Å². The van der Waals surface area contributed by atoms with Gasteiger partial charge in [0, 0.05) is 24.7 Å². The third-order valence-electron chi connectivity index (χ3n) is 3.38. The summed E-state index contributed by atoms with van der Waals surface area (Å²) in [6.07, 6.45) is 1.49. The molecule has 2 heterocycles. The van der Waals surface area contributed by atoms with E-state index in [2.05, 4.69) is 26.2 Å². The summed E-state index contributed by atoms with van der Waals surface area (Å²) >= 11 is 3.14. The Kier molecular flexibility index (Phi) is 4.90. The van der Waals surface area contributed by atoms with Gasteiger partial charge in [-0.2, -0.15) is 0 Å². The van der Waals surface area contributed by atoms with Gasteiger partial charge in [0.2, 0.25) is 0 Å². The van der Waals surface area contributed by atoms with Crippen LogP contribution >= 0.6 is 15.9 Å². The molecule has 0 radical (unpaired) electrons. The molecule has 1 N–H and O–H groups in total. The first-order chi connectivity index (χ1) is 11.6. The normalized spacial score (nSPS) is 10.5. The molecular weight excluding hydrogens is 374 g/mol. The Morgan fingerprint density at radius 3 is 2.67 bits per heavy atom. The monoisotopic (exact) mass is 387 g/mol. The molecule has 2 aromatic heterocycles. The van der Waals surface area contributed by atoms with Gasteiger partial charge in [-0.1, -0.05) is 30.3 Å². The van der Waals surface area contributed by atoms with Crippen LogP contribution in [0, 0.1) is 0 Å². The van der Waals surface area contributed by atoms with E-state index in [1.807, 2.05) is 30.3 Å². The highest BCUT2D eigenvalue weighted by molar-refractivity contribution is 9.10. The highest BCUT2D eigenvalue weighted by Crippen LogP contribution is 2.14. The van der Waals surface area contributed by atoms with E-state index in [0.717, 1.165) is 5.56 Å². The van der Waals surface area contributed by atoms with Crippen molar-refractivity contribution in [3.63, 3.8) is 0 Å². The Labute approximate surface area is 146 Å². The van der Waals surface area contributed by atoms with Gasteiger partial charge in [0.15, 0.2) is 10.4 Å². The molecule has 0 aliphatic rings. The van der Waals surface area contributed by atoms with Gasteiger partial charge in [0.05, 0.1) is 12.0 Å². The Morgan fingerprint density at radius 1 is 1.21 bits per heavy atom. The zero-order chi connectivity index (χ0) is 16.9. The molecule has 122 valence electrons. The molecule has 7 heteroatoms. The predicted octanol–water partition coefficient (Wildman–Crippen LogP) is 2.70. The summed E-state index contributed by atoms with van der Waals surface area (Å²) in [5, 5.41) is 2.69. The number of furan rings is 1. The van der Waals surface area contributed by atoms with Crippen LogP contribution in [0.25, 0.3) is 11.3 Å². The van der Waals surface area contributed by atoms with E-state index >= 15 is 0 Å². The first-order valence-corrected chi connectivity index (χ1v) is 8.08. The Morgan fingerprint density at radius 2 is 2.00 bits per heavy atom. The minimum absolute atomic E-state index is 0.168. The third-order valence-corrected chi connectivity index (χ3v) is 3.81. The molecule has 0 saturated carbocycles. The van der Waals surface area contributed by atoms with E-state index in [1.54, 1.807) is 12.1 Å². The Bertz CT molecular complexity index is 903. The lowest BCUT2D eigenvalue weighted by molar-refractivity contribution is 0.0923. The van der Waals surface area contributed by atoms with Gasteiger partial charge in [-0.3, -0.25) is 14.2 Å². The number of rotatable bonds is 5. The quantitative estimate of drug-likeness (QED) is 0.729. The molecule has 1 amide bonds. The maximum absolute atomic E-state index is 12.1. The third kappa shape index (κ3) is 3.80. The van der Waals surface area contributed by atoms with Crippen LogP contribution in [0.3, 0.4) is 0 Å². The number of hydrogen-bond donors (Lipinski definition) is 1. The SMILES string of the molecule is O=C(NCCn1cnc(-c2ccccc2)cc1=O)c1ccc(Br)o1. The van der Waals surface area contributed by atoms with Crippen molar-refractivity contribution in [2.75, 3.05) is 6.54 Å². The number of nitrogens with one attached hydrogen (secondary N) is 1. The second-order valence-electron chi connectivity index (χ2n) is 5.03. The first-order valence-electron chi connectivity index (χ1n) is 7.29. The van der Waals surface area contributed by atoms with Crippen molar-refractivity contribution in [3.05, 3.63) is 75.6 Å². The number of halogens is 1. The fourth-order valence-electron chi connectivity index (χ4n) is 2.17. The fraction of sp³-hybridized carbons (Fsp3) is 0.118. The van der Waals surface area contributed by atoms with E-state index in [1.165, 1.54) is 17.0 Å². The number of amides is 1. The van der Waals surface area contributed by atoms with Gasteiger partial charge in [0.25, 0.3) is 11.5 Å². The van der Waals surface area contributed by atoms with Crippen molar-refractivity contribution in [3.8, 4) is 11.3 Å². The van der Waals surface area contributed by atoms with Crippen molar-refractivity contribution in [1.29, 1.82) is 0 Å². The molecule has 0 unspecified atom stereocenters. The summed E-state index contributed by atoms with van der Waals surface area (Å²) in [6.45, 7) is 0.623. The minimum atomic E-state index is -0.331. The Balaban J connectivity index is 1.62. The average Bonchev–Trinajstić information content (AvgIpc) is 3.03. The van der Waals surface area contributed by atoms with Crippen LogP contribution in [-0.4, -0.2) is 22.0 Å². The van der Waals surface area contributed by atoms with Gasteiger partial charge in [-0.15, -0.1) is 0 Å². The lowest BCUT2D eigenvalue weighted by Crippen LogP contribution is -2.30. The molecule has 1 aromatic carbocycles. The molecule has 3 rings (SSSR count). The summed E-state index contributed by atoms with van der Waals surface area (Å²) in [6, 6.07) is 14.2. The van der Waals surface area contributed by atoms with Gasteiger partial charge >= 0.3 is 0 Å². The molecular formula is C17H14BrN3O3. The number of carbonyl (C=O) groups is 1. The van der Waals surface area contributed by atoms with Crippen LogP contribution in [0.2, 0.25) is 0 Å². The summed E-state index contributed by atoms with van der Waals surface area (Å²) in [5.41, 5.74) is 1.35. The largest absolute Gasteiger partial charge is 0.444 e. The van der Waals surface area contributed by atoms with Crippen molar-refractivity contribution < 1.29 is 9.21 Å². The predicted molar refractivity (Wildman–Crippen MR) is 92.7 cm³/mol. The highest BCUT2D eigenvalue weighted by atomic mass is 79.9. The lowest BCUT2D eigenvalue weighted by atomic mass is 10.1. The van der Waals surface area contributed by atoms with Crippen LogP contribution in [0.5, 0.6) is 0 Å². The number of nitrogens with zero attached hydrogens (tertiary/aromatic N) is 2. The number of carbonyl (C=O) groups excluding carboxylic acids is 1. The van der Waals surface area contributed by atoms with Crippen molar-refractivity contribution in [2.45, 2.75) is 6.54 Å². The van der Waals surface area contributed by atoms with Crippen LogP contribution in [0.15, 0.2) is 68.7 Å². The van der Waals surface area contributed by atoms with Crippen molar-refractivity contribution in [1.82, 2.24) is 14.9 Å². The van der Waals surface area contributed by atoms with Crippen LogP contribution < -0.4 is 10.9 Å². The van der Waals surface area contributed by atoms with E-state index in [9.17, 15) is 9.59 Å². The molecule has 0 saturated heterocycles. The summed E-state index contributed by atoms with van der Waals surface area (Å²) < 4.78 is 7.10. The molecule has 0 bridgehead atoms. The van der Waals surface area contributed by atoms with Gasteiger partial charge in [-0.05, 0) is 28.1 Å². The molecule has 6 nitrogen and oxygen atoms in total. The molecule has 24 heavy (non-hydrogen) atoms. The van der Waals surface area contributed by atoms with Crippen molar-refractivity contribution in [2.24, 2.45) is 0 Å². The van der Waals surface area contributed by atoms with Crippen LogP contribution in [0.1, 0.15) is 10.6 Å². The average molecular weight is 388 g/mol. The number of benzene rings is 1. The lowest BCUT2D eigenvalue weighted by Gasteiger charge is -2.07. The smallest absolute Gasteiger partial charge is 0.287 e. The molecule has 0 spiro atoms. The van der Waals surface area contributed by atoms with Gasteiger partial charge in [-0.25, -0.2) is 4.98 Å². The summed E-state index contributed by atoms with van der Waals surface area (Å²) in [5.74, 6) is -0.116. The zero-order valence-electron chi connectivity index (χ0n) is 12.6. The summed E-state index contributed by atoms with van der Waals surface area (Å²) in [7, 11) is 0. The molecule has 0 aliphatic carbocycles. The minimum Gasteiger partial charge on any atom is -0.444 e. The molecule has 0 aliphatic heterocycles. The van der Waals surface area contributed by atoms with E-state index in [0.29, 0.717) is 23.5 Å². The number of aromatic nitrogens is 2. The topological polar surface area (TPSA) is 77.1 Å². The van der Waals surface area contributed by atoms with E-state index < -0.39 is 0 Å². The fourth-order valence-corrected chi connectivity index (χ4v) is 2.48. The second kappa shape index (κ2) is 7.27. The first kappa shape index (κ1) is 16.2. The maximum atomic E-state index is 12.1. The standard InChI is InChI=1S/C17H14BrN3O3/c18-15-7-6-14(24-15)17(23)19-8-9-21-11-20-13(10-16(21)22)12-4-2-1-3-5-12/h1-7,10-11H,8-9H2,(H,19,23). The highest BCUT2D eigenvalue weighted by Gasteiger charge is 2.09. The zero-order valence-corrected chi connectivity index (χ0v) is 14.2. The number of hydrogen-bond acceptors (Lipinski definition) is 4. The summed E-state index contributed by atoms with van der Waals surface area (Å²) in [4.78, 5) is 28.3. The Hall–Kier alpha value is -2.67. The van der Waals surface area contributed by atoms with Gasteiger partial charge < -0.3 is 9.73 Å². The molecule has 0 atom stereocenters.